The number of aryl methyl sites for hydroxylation is 2. The number of rotatable bonds is 6. The molecule has 4 atom stereocenters. The number of aromatic carboxylic acids is 1. The fraction of sp³-hybridized carbons (Fsp3) is 0.571. The van der Waals surface area contributed by atoms with Gasteiger partial charge in [0.2, 0.25) is 11.8 Å². The van der Waals surface area contributed by atoms with Gasteiger partial charge in [0.1, 0.15) is 16.9 Å². The van der Waals surface area contributed by atoms with E-state index in [0.29, 0.717) is 47.6 Å². The molecule has 5 rings (SSSR count). The fourth-order valence-electron chi connectivity index (χ4n) is 4.92. The summed E-state index contributed by atoms with van der Waals surface area (Å²) in [7, 11) is 0. The second-order valence-corrected chi connectivity index (χ2v) is 10.6. The van der Waals surface area contributed by atoms with Crippen LogP contribution in [0.3, 0.4) is 0 Å². The molecule has 9 nitrogen and oxygen atoms in total. The maximum absolute atomic E-state index is 13.3. The zero-order valence-corrected chi connectivity index (χ0v) is 19.2. The van der Waals surface area contributed by atoms with Crippen molar-refractivity contribution in [1.82, 2.24) is 25.0 Å². The van der Waals surface area contributed by atoms with Crippen LogP contribution >= 0.6 is 23.2 Å². The number of pyridine rings is 1. The van der Waals surface area contributed by atoms with E-state index in [-0.39, 0.29) is 36.0 Å². The Kier molecular flexibility index (Phi) is 4.90. The van der Waals surface area contributed by atoms with Crippen LogP contribution in [0.25, 0.3) is 10.9 Å². The van der Waals surface area contributed by atoms with Gasteiger partial charge in [0.25, 0.3) is 0 Å². The molecule has 2 aliphatic carbocycles. The number of carbonyl (C=O) groups is 3. The summed E-state index contributed by atoms with van der Waals surface area (Å²) < 4.78 is 0.626. The second-order valence-electron chi connectivity index (χ2n) is 9.08. The molecule has 11 heteroatoms. The summed E-state index contributed by atoms with van der Waals surface area (Å²) in [4.78, 5) is 43.9. The van der Waals surface area contributed by atoms with Gasteiger partial charge in [-0.15, -0.1) is 23.2 Å². The summed E-state index contributed by atoms with van der Waals surface area (Å²) in [5.74, 6) is -1.27. The van der Waals surface area contributed by atoms with E-state index in [1.165, 1.54) is 4.68 Å². The lowest BCUT2D eigenvalue weighted by Gasteiger charge is -2.27. The summed E-state index contributed by atoms with van der Waals surface area (Å²) >= 11 is 12.1. The molecule has 0 radical (unpaired) electrons. The van der Waals surface area contributed by atoms with Crippen molar-refractivity contribution >= 4 is 51.9 Å². The highest BCUT2D eigenvalue weighted by atomic mass is 35.5. The van der Waals surface area contributed by atoms with Crippen LogP contribution < -0.4 is 5.32 Å². The molecule has 32 heavy (non-hydrogen) atoms. The lowest BCUT2D eigenvalue weighted by molar-refractivity contribution is -0.140. The second kappa shape index (κ2) is 7.31. The highest BCUT2D eigenvalue weighted by molar-refractivity contribution is 6.50. The number of amides is 2. The first kappa shape index (κ1) is 21.5. The van der Waals surface area contributed by atoms with Gasteiger partial charge in [-0.25, -0.2) is 4.79 Å². The van der Waals surface area contributed by atoms with E-state index in [2.05, 4.69) is 15.4 Å². The molecule has 3 aliphatic rings. The Labute approximate surface area is 194 Å². The molecule has 0 unspecified atom stereocenters. The van der Waals surface area contributed by atoms with Crippen molar-refractivity contribution in [2.24, 2.45) is 11.8 Å². The number of hydrogen-bond donors (Lipinski definition) is 2. The molecule has 3 fully saturated rings. The molecule has 0 spiro atoms. The van der Waals surface area contributed by atoms with Crippen LogP contribution in [0.4, 0.5) is 0 Å². The predicted molar refractivity (Wildman–Crippen MR) is 117 cm³/mol. The molecule has 2 saturated carbocycles. The normalized spacial score (nSPS) is 27.3. The van der Waals surface area contributed by atoms with Crippen molar-refractivity contribution in [2.75, 3.05) is 6.54 Å². The highest BCUT2D eigenvalue weighted by Crippen LogP contribution is 2.53. The van der Waals surface area contributed by atoms with Crippen LogP contribution in [-0.2, 0) is 16.1 Å². The number of hydrogen-bond acceptors (Lipinski definition) is 5. The molecular weight excluding hydrogens is 457 g/mol. The minimum Gasteiger partial charge on any atom is -0.476 e. The molecule has 3 heterocycles. The molecule has 1 aliphatic heterocycles. The number of carboxylic acid groups (broad SMARTS) is 1. The molecule has 2 amide bonds. The van der Waals surface area contributed by atoms with E-state index in [1.807, 2.05) is 0 Å². The van der Waals surface area contributed by atoms with Crippen LogP contribution in [-0.4, -0.2) is 65.5 Å². The van der Waals surface area contributed by atoms with Crippen molar-refractivity contribution in [3.05, 3.63) is 23.1 Å². The minimum atomic E-state index is -1.17. The van der Waals surface area contributed by atoms with E-state index >= 15 is 0 Å². The first-order valence-corrected chi connectivity index (χ1v) is 11.4. The van der Waals surface area contributed by atoms with E-state index in [1.54, 1.807) is 24.8 Å². The number of carbonyl (C=O) groups excluding carboxylic acids is 2. The molecule has 2 N–H and O–H groups in total. The predicted octanol–water partition coefficient (Wildman–Crippen LogP) is 2.05. The van der Waals surface area contributed by atoms with E-state index in [0.717, 1.165) is 6.42 Å². The van der Waals surface area contributed by atoms with Gasteiger partial charge in [0, 0.05) is 29.6 Å². The van der Waals surface area contributed by atoms with Gasteiger partial charge in [-0.2, -0.15) is 5.10 Å². The number of likely N-dealkylation sites (tertiary alicyclic amines) is 1. The highest BCUT2D eigenvalue weighted by Gasteiger charge is 2.56. The van der Waals surface area contributed by atoms with Crippen molar-refractivity contribution in [3.8, 4) is 0 Å². The lowest BCUT2D eigenvalue weighted by atomic mass is 10.1. The number of carboxylic acids is 1. The van der Waals surface area contributed by atoms with Gasteiger partial charge in [0.05, 0.1) is 11.2 Å². The third-order valence-corrected chi connectivity index (χ3v) is 7.62. The maximum atomic E-state index is 13.3. The summed E-state index contributed by atoms with van der Waals surface area (Å²) in [6.45, 7) is 3.77. The number of nitrogens with zero attached hydrogens (tertiary/aromatic N) is 4. The Bertz CT molecular complexity index is 1160. The number of nitrogens with one attached hydrogen (secondary N) is 1. The quantitative estimate of drug-likeness (QED) is 0.612. The first-order valence-electron chi connectivity index (χ1n) is 10.6. The Morgan fingerprint density at radius 1 is 1.28 bits per heavy atom. The van der Waals surface area contributed by atoms with Crippen LogP contribution in [0.1, 0.15) is 41.1 Å². The number of halogens is 2. The minimum absolute atomic E-state index is 0.0266. The monoisotopic (exact) mass is 479 g/mol. The number of fused-ring (bicyclic) bond motifs is 2. The Hall–Kier alpha value is -2.39. The van der Waals surface area contributed by atoms with Crippen molar-refractivity contribution < 1.29 is 19.5 Å². The SMILES string of the molecule is Cc1cc2c(C(=O)O)nn(CC(=O)N3[C@@H]4C[C@@H]4C[C@H]3C(=O)NC[C@H]3CC3(Cl)Cl)c2c(C)n1. The number of alkyl halides is 2. The van der Waals surface area contributed by atoms with Crippen molar-refractivity contribution in [1.29, 1.82) is 0 Å². The van der Waals surface area contributed by atoms with Gasteiger partial charge in [0.15, 0.2) is 5.69 Å². The van der Waals surface area contributed by atoms with E-state index in [9.17, 15) is 19.5 Å². The standard InChI is InChI=1S/C21H23Cl2N5O4/c1-9-3-13-17(20(31)32)26-27(18(13)10(2)25-9)8-16(29)28-14-4-11(14)5-15(28)19(30)24-7-12-6-21(12,22)23/h3,11-12,14-15H,4-8H2,1-2H3,(H,24,30)(H,31,32)/t11-,12-,14-,15+/m1/s1. The summed E-state index contributed by atoms with van der Waals surface area (Å²) in [6, 6.07) is 1.16. The van der Waals surface area contributed by atoms with E-state index < -0.39 is 16.3 Å². The maximum Gasteiger partial charge on any atom is 0.357 e. The average Bonchev–Trinajstić information content (AvgIpc) is 3.48. The Morgan fingerprint density at radius 2 is 2.00 bits per heavy atom. The molecule has 0 aromatic carbocycles. The fourth-order valence-corrected chi connectivity index (χ4v) is 5.44. The van der Waals surface area contributed by atoms with Gasteiger partial charge in [-0.1, -0.05) is 0 Å². The van der Waals surface area contributed by atoms with E-state index in [4.69, 9.17) is 23.2 Å². The van der Waals surface area contributed by atoms with Crippen LogP contribution in [0.15, 0.2) is 6.07 Å². The van der Waals surface area contributed by atoms with Gasteiger partial charge < -0.3 is 15.3 Å². The smallest absolute Gasteiger partial charge is 0.357 e. The van der Waals surface area contributed by atoms with Crippen molar-refractivity contribution in [2.45, 2.75) is 56.1 Å². The third kappa shape index (κ3) is 3.61. The topological polar surface area (TPSA) is 117 Å². The lowest BCUT2D eigenvalue weighted by Crippen LogP contribution is -2.49. The molecule has 170 valence electrons. The zero-order valence-electron chi connectivity index (χ0n) is 17.6. The van der Waals surface area contributed by atoms with Gasteiger partial charge in [-0.3, -0.25) is 19.3 Å². The van der Waals surface area contributed by atoms with Crippen LogP contribution in [0, 0.1) is 25.7 Å². The summed E-state index contributed by atoms with van der Waals surface area (Å²) in [5.41, 5.74) is 1.68. The first-order chi connectivity index (χ1) is 15.1. The van der Waals surface area contributed by atoms with Crippen molar-refractivity contribution in [3.63, 3.8) is 0 Å². The molecule has 2 aromatic rings. The summed E-state index contributed by atoms with van der Waals surface area (Å²) in [5, 5.41) is 17.1. The van der Waals surface area contributed by atoms with Crippen LogP contribution in [0.2, 0.25) is 0 Å². The Morgan fingerprint density at radius 3 is 2.66 bits per heavy atom. The zero-order chi connectivity index (χ0) is 22.9. The molecule has 2 aromatic heterocycles. The largest absolute Gasteiger partial charge is 0.476 e. The third-order valence-electron chi connectivity index (χ3n) is 6.69. The Balaban J connectivity index is 1.36. The number of aromatic nitrogens is 3. The number of piperidine rings is 1. The van der Waals surface area contributed by atoms with Gasteiger partial charge in [-0.05, 0) is 45.1 Å². The summed E-state index contributed by atoms with van der Waals surface area (Å²) in [6.07, 6.45) is 2.14. The average molecular weight is 480 g/mol. The van der Waals surface area contributed by atoms with Crippen LogP contribution in [0.5, 0.6) is 0 Å². The molecule has 0 bridgehead atoms. The van der Waals surface area contributed by atoms with Gasteiger partial charge >= 0.3 is 5.97 Å². The molecule has 1 saturated heterocycles. The molecular formula is C21H23Cl2N5O4.